The van der Waals surface area contributed by atoms with Gasteiger partial charge < -0.3 is 9.47 Å². The van der Waals surface area contributed by atoms with Crippen LogP contribution in [-0.4, -0.2) is 43.3 Å². The lowest BCUT2D eigenvalue weighted by molar-refractivity contribution is 0.0860. The summed E-state index contributed by atoms with van der Waals surface area (Å²) in [5.41, 5.74) is 1.51. The van der Waals surface area contributed by atoms with Crippen molar-refractivity contribution in [3.63, 3.8) is 0 Å². The number of hydrogen-bond donors (Lipinski definition) is 0. The van der Waals surface area contributed by atoms with Crippen molar-refractivity contribution in [3.8, 4) is 11.5 Å². The number of carbonyl (C=O) groups is 1. The lowest BCUT2D eigenvalue weighted by Gasteiger charge is -2.19. The van der Waals surface area contributed by atoms with Gasteiger partial charge in [-0.2, -0.15) is 0 Å². The predicted octanol–water partition coefficient (Wildman–Crippen LogP) is 4.76. The van der Waals surface area contributed by atoms with Crippen LogP contribution in [0.15, 0.2) is 41.4 Å². The van der Waals surface area contributed by atoms with E-state index in [1.54, 1.807) is 43.4 Å². The number of rotatable bonds is 5. The van der Waals surface area contributed by atoms with Crippen molar-refractivity contribution >= 4 is 46.0 Å². The average molecular weight is 425 g/mol. The van der Waals surface area contributed by atoms with Crippen LogP contribution in [0.5, 0.6) is 11.5 Å². The van der Waals surface area contributed by atoms with Gasteiger partial charge in [0.05, 0.1) is 30.8 Å². The molecular weight excluding hydrogens is 407 g/mol. The zero-order valence-corrected chi connectivity index (χ0v) is 17.2. The van der Waals surface area contributed by atoms with E-state index in [1.165, 1.54) is 11.8 Å². The minimum Gasteiger partial charge on any atom is -0.497 e. The Balaban J connectivity index is 1.73. The second kappa shape index (κ2) is 8.87. The van der Waals surface area contributed by atoms with Gasteiger partial charge in [0, 0.05) is 23.9 Å². The van der Waals surface area contributed by atoms with Crippen LogP contribution in [0.25, 0.3) is 0 Å². The molecule has 1 aliphatic rings. The lowest BCUT2D eigenvalue weighted by Crippen LogP contribution is -2.32. The molecule has 0 N–H and O–H groups in total. The predicted molar refractivity (Wildman–Crippen MR) is 111 cm³/mol. The van der Waals surface area contributed by atoms with E-state index in [0.29, 0.717) is 51.1 Å². The Kier molecular flexibility index (Phi) is 6.52. The molecule has 1 heterocycles. The van der Waals surface area contributed by atoms with Gasteiger partial charge in [0.2, 0.25) is 0 Å². The van der Waals surface area contributed by atoms with Crippen LogP contribution in [0.2, 0.25) is 10.0 Å². The van der Waals surface area contributed by atoms with Crippen LogP contribution in [0.3, 0.4) is 0 Å². The molecule has 8 heteroatoms. The second-order valence-electron chi connectivity index (χ2n) is 5.76. The number of methoxy groups -OCH3 is 2. The summed E-state index contributed by atoms with van der Waals surface area (Å²) in [5, 5.41) is 1.72. The van der Waals surface area contributed by atoms with E-state index in [2.05, 4.69) is 4.99 Å². The molecule has 0 saturated carbocycles. The van der Waals surface area contributed by atoms with Gasteiger partial charge in [-0.25, -0.2) is 0 Å². The van der Waals surface area contributed by atoms with Gasteiger partial charge in [-0.15, -0.1) is 0 Å². The van der Waals surface area contributed by atoms with Crippen LogP contribution in [0.4, 0.5) is 0 Å². The van der Waals surface area contributed by atoms with Crippen molar-refractivity contribution in [2.75, 3.05) is 27.3 Å². The Morgan fingerprint density at radius 3 is 2.44 bits per heavy atom. The van der Waals surface area contributed by atoms with Crippen molar-refractivity contribution in [2.45, 2.75) is 5.75 Å². The molecule has 0 aromatic heterocycles. The minimum atomic E-state index is -0.134. The molecule has 142 valence electrons. The molecule has 3 rings (SSSR count). The molecule has 0 spiro atoms. The number of hydrogen-bond acceptors (Lipinski definition) is 5. The maximum Gasteiger partial charge on any atom is 0.260 e. The van der Waals surface area contributed by atoms with Crippen LogP contribution in [-0.2, 0) is 5.75 Å². The van der Waals surface area contributed by atoms with E-state index in [9.17, 15) is 4.79 Å². The molecule has 0 fully saturated rings. The number of amides is 1. The van der Waals surface area contributed by atoms with Gasteiger partial charge in [0.1, 0.15) is 11.5 Å². The smallest absolute Gasteiger partial charge is 0.260 e. The molecule has 0 unspecified atom stereocenters. The summed E-state index contributed by atoms with van der Waals surface area (Å²) in [6.45, 7) is 1.12. The molecule has 1 amide bonds. The number of thioether (sulfide) groups is 1. The standard InChI is InChI=1S/C19H18Cl2N2O3S/c1-25-14-8-13(9-15(10-14)26-2)18(24)23-6-5-22-19(23)27-11-12-3-4-16(20)17(21)7-12/h3-4,7-10H,5-6,11H2,1-2H3. The first-order valence-electron chi connectivity index (χ1n) is 8.18. The van der Waals surface area contributed by atoms with Gasteiger partial charge in [0.15, 0.2) is 5.17 Å². The highest BCUT2D eigenvalue weighted by Crippen LogP contribution is 2.28. The number of ether oxygens (including phenoxy) is 2. The van der Waals surface area contributed by atoms with Gasteiger partial charge in [-0.3, -0.25) is 14.7 Å². The van der Waals surface area contributed by atoms with Gasteiger partial charge in [0.25, 0.3) is 5.91 Å². The molecule has 5 nitrogen and oxygen atoms in total. The third-order valence-corrected chi connectivity index (χ3v) is 5.82. The first kappa shape index (κ1) is 19.9. The first-order valence-corrected chi connectivity index (χ1v) is 9.92. The quantitative estimate of drug-likeness (QED) is 0.694. The maximum atomic E-state index is 13.0. The van der Waals surface area contributed by atoms with E-state index < -0.39 is 0 Å². The molecule has 2 aromatic carbocycles. The number of benzene rings is 2. The first-order chi connectivity index (χ1) is 13.0. The Morgan fingerprint density at radius 1 is 1.11 bits per heavy atom. The minimum absolute atomic E-state index is 0.134. The Morgan fingerprint density at radius 2 is 1.81 bits per heavy atom. The van der Waals surface area contributed by atoms with Crippen molar-refractivity contribution in [2.24, 2.45) is 4.99 Å². The average Bonchev–Trinajstić information content (AvgIpc) is 3.16. The highest BCUT2D eigenvalue weighted by Gasteiger charge is 2.26. The Bertz CT molecular complexity index is 867. The van der Waals surface area contributed by atoms with E-state index in [4.69, 9.17) is 32.7 Å². The van der Waals surface area contributed by atoms with E-state index in [1.807, 2.05) is 12.1 Å². The topological polar surface area (TPSA) is 51.1 Å². The molecule has 0 bridgehead atoms. The van der Waals surface area contributed by atoms with Crippen molar-refractivity contribution < 1.29 is 14.3 Å². The summed E-state index contributed by atoms with van der Waals surface area (Å²) in [6.07, 6.45) is 0. The molecule has 27 heavy (non-hydrogen) atoms. The zero-order chi connectivity index (χ0) is 19.4. The fourth-order valence-electron chi connectivity index (χ4n) is 2.60. The summed E-state index contributed by atoms with van der Waals surface area (Å²) >= 11 is 13.5. The SMILES string of the molecule is COc1cc(OC)cc(C(=O)N2CCN=C2SCc2ccc(Cl)c(Cl)c2)c1. The van der Waals surface area contributed by atoms with Crippen LogP contribution in [0.1, 0.15) is 15.9 Å². The third kappa shape index (κ3) is 4.69. The summed E-state index contributed by atoms with van der Waals surface area (Å²) in [5.74, 6) is 1.64. The van der Waals surface area contributed by atoms with Crippen LogP contribution in [0, 0.1) is 0 Å². The second-order valence-corrected chi connectivity index (χ2v) is 7.52. The molecule has 0 saturated heterocycles. The summed E-state index contributed by atoms with van der Waals surface area (Å²) in [6, 6.07) is 10.6. The van der Waals surface area contributed by atoms with Crippen molar-refractivity contribution in [3.05, 3.63) is 57.6 Å². The molecular formula is C19H18Cl2N2O3S. The van der Waals surface area contributed by atoms with Gasteiger partial charge in [-0.1, -0.05) is 41.0 Å². The fraction of sp³-hybridized carbons (Fsp3) is 0.263. The molecule has 0 atom stereocenters. The fourth-order valence-corrected chi connectivity index (χ4v) is 3.91. The summed E-state index contributed by atoms with van der Waals surface area (Å²) < 4.78 is 10.5. The number of carbonyl (C=O) groups excluding carboxylic acids is 1. The summed E-state index contributed by atoms with van der Waals surface area (Å²) in [4.78, 5) is 19.1. The van der Waals surface area contributed by atoms with E-state index in [0.717, 1.165) is 5.56 Å². The summed E-state index contributed by atoms with van der Waals surface area (Å²) in [7, 11) is 3.11. The van der Waals surface area contributed by atoms with Crippen molar-refractivity contribution in [1.82, 2.24) is 4.90 Å². The number of amidine groups is 1. The molecule has 0 aliphatic carbocycles. The zero-order valence-electron chi connectivity index (χ0n) is 14.9. The van der Waals surface area contributed by atoms with E-state index in [-0.39, 0.29) is 5.91 Å². The Labute approximate surface area is 172 Å². The number of aliphatic imine (C=N–C) groups is 1. The highest BCUT2D eigenvalue weighted by molar-refractivity contribution is 8.13. The van der Waals surface area contributed by atoms with Gasteiger partial charge >= 0.3 is 0 Å². The molecule has 1 aliphatic heterocycles. The van der Waals surface area contributed by atoms with Crippen molar-refractivity contribution in [1.29, 1.82) is 0 Å². The Hall–Kier alpha value is -1.89. The number of nitrogens with zero attached hydrogens (tertiary/aromatic N) is 2. The van der Waals surface area contributed by atoms with Crippen LogP contribution >= 0.6 is 35.0 Å². The van der Waals surface area contributed by atoms with E-state index >= 15 is 0 Å². The highest BCUT2D eigenvalue weighted by atomic mass is 35.5. The third-order valence-electron chi connectivity index (χ3n) is 4.00. The monoisotopic (exact) mass is 424 g/mol. The normalized spacial score (nSPS) is 13.5. The molecule has 0 radical (unpaired) electrons. The van der Waals surface area contributed by atoms with Gasteiger partial charge in [-0.05, 0) is 29.8 Å². The largest absolute Gasteiger partial charge is 0.497 e. The molecule has 2 aromatic rings. The number of halogens is 2. The lowest BCUT2D eigenvalue weighted by atomic mass is 10.1. The van der Waals surface area contributed by atoms with Crippen LogP contribution < -0.4 is 9.47 Å². The maximum absolute atomic E-state index is 13.0.